The van der Waals surface area contributed by atoms with Crippen molar-refractivity contribution in [3.8, 4) is 0 Å². The fraction of sp³-hybridized carbons (Fsp3) is 0.200. The second-order valence-electron chi connectivity index (χ2n) is 5.11. The largest absolute Gasteiger partial charge is 0.362 e. The molecule has 0 aliphatic rings. The molecule has 0 amide bonds. The lowest BCUT2D eigenvalue weighted by Gasteiger charge is -2.07. The molecule has 116 valence electrons. The Bertz CT molecular complexity index is 988. The zero-order chi connectivity index (χ0) is 15.8. The molecule has 0 saturated carbocycles. The number of anilines is 1. The second-order valence-corrected chi connectivity index (χ2v) is 5.90. The van der Waals surface area contributed by atoms with Crippen LogP contribution in [0.4, 0.5) is 5.82 Å². The van der Waals surface area contributed by atoms with Crippen LogP contribution in [0.5, 0.6) is 0 Å². The van der Waals surface area contributed by atoms with Crippen molar-refractivity contribution in [2.45, 2.75) is 11.6 Å². The first-order valence-corrected chi connectivity index (χ1v) is 8.37. The molecule has 0 bridgehead atoms. The maximum Gasteiger partial charge on any atom is 0.161 e. The van der Waals surface area contributed by atoms with E-state index in [4.69, 9.17) is 0 Å². The molecule has 0 unspecified atom stereocenters. The molecule has 0 aliphatic carbocycles. The molecule has 0 aliphatic heterocycles. The number of aromatic nitrogens is 6. The number of hydrogen-bond donors (Lipinski definition) is 2. The molecule has 0 fully saturated rings. The fourth-order valence-corrected chi connectivity index (χ4v) is 3.17. The van der Waals surface area contributed by atoms with E-state index in [9.17, 15) is 0 Å². The molecule has 0 saturated heterocycles. The topological polar surface area (TPSA) is 84.3 Å². The Morgan fingerprint density at radius 2 is 2.13 bits per heavy atom. The second kappa shape index (κ2) is 5.54. The number of rotatable bonds is 4. The lowest BCUT2D eigenvalue weighted by molar-refractivity contribution is 0.832. The summed E-state index contributed by atoms with van der Waals surface area (Å²) in [7, 11) is 2.02. The van der Waals surface area contributed by atoms with Crippen molar-refractivity contribution in [2.75, 3.05) is 11.6 Å². The Morgan fingerprint density at radius 3 is 2.96 bits per heavy atom. The lowest BCUT2D eigenvalue weighted by Crippen LogP contribution is -2.07. The van der Waals surface area contributed by atoms with Crippen LogP contribution in [-0.2, 0) is 13.6 Å². The number of para-hydroxylation sites is 2. The van der Waals surface area contributed by atoms with E-state index in [0.717, 1.165) is 38.7 Å². The zero-order valence-corrected chi connectivity index (χ0v) is 13.6. The number of nitrogens with one attached hydrogen (secondary N) is 2. The minimum absolute atomic E-state index is 0.580. The van der Waals surface area contributed by atoms with E-state index in [-0.39, 0.29) is 0 Å². The summed E-state index contributed by atoms with van der Waals surface area (Å²) in [5.41, 5.74) is 2.84. The summed E-state index contributed by atoms with van der Waals surface area (Å²) in [5, 5.41) is 12.3. The van der Waals surface area contributed by atoms with Gasteiger partial charge in [0.1, 0.15) is 23.0 Å². The average molecular weight is 325 g/mol. The average Bonchev–Trinajstić information content (AvgIpc) is 3.15. The van der Waals surface area contributed by atoms with Crippen LogP contribution in [0.15, 0.2) is 35.6 Å². The summed E-state index contributed by atoms with van der Waals surface area (Å²) in [6.45, 7) is 0.580. The highest BCUT2D eigenvalue weighted by atomic mass is 32.2. The Balaban J connectivity index is 1.68. The first-order valence-electron chi connectivity index (χ1n) is 7.15. The third-order valence-corrected chi connectivity index (χ3v) is 4.49. The predicted octanol–water partition coefficient (Wildman–Crippen LogP) is 2.57. The smallest absolute Gasteiger partial charge is 0.161 e. The van der Waals surface area contributed by atoms with Crippen molar-refractivity contribution in [1.82, 2.24) is 29.7 Å². The number of H-pyrrole nitrogens is 1. The van der Waals surface area contributed by atoms with E-state index in [1.807, 2.05) is 31.5 Å². The van der Waals surface area contributed by atoms with Gasteiger partial charge in [0.2, 0.25) is 0 Å². The molecule has 3 aromatic heterocycles. The van der Waals surface area contributed by atoms with E-state index < -0.39 is 0 Å². The molecule has 4 aromatic rings. The molecule has 0 spiro atoms. The van der Waals surface area contributed by atoms with Crippen molar-refractivity contribution in [2.24, 2.45) is 7.05 Å². The Morgan fingerprint density at radius 1 is 1.26 bits per heavy atom. The Hall–Kier alpha value is -2.61. The normalized spacial score (nSPS) is 11.4. The summed E-state index contributed by atoms with van der Waals surface area (Å²) in [5.74, 6) is 1.72. The highest BCUT2D eigenvalue weighted by Crippen LogP contribution is 2.27. The van der Waals surface area contributed by atoms with E-state index >= 15 is 0 Å². The fourth-order valence-electron chi connectivity index (χ4n) is 2.63. The number of hydrogen-bond acceptors (Lipinski definition) is 6. The standard InChI is InChI=1S/C15H15N7S/c1-22-10-6-4-3-5-9(10)19-11(22)7-16-13-12-14(18-8-17-13)20-21-15(12)23-2/h3-6,8H,7H2,1-2H3,(H2,16,17,18,20,21). The monoisotopic (exact) mass is 325 g/mol. The van der Waals surface area contributed by atoms with E-state index in [1.54, 1.807) is 11.8 Å². The first kappa shape index (κ1) is 14.0. The van der Waals surface area contributed by atoms with Crippen molar-refractivity contribution in [3.63, 3.8) is 0 Å². The molecule has 8 heteroatoms. The van der Waals surface area contributed by atoms with Crippen molar-refractivity contribution in [3.05, 3.63) is 36.4 Å². The van der Waals surface area contributed by atoms with Crippen LogP contribution in [-0.4, -0.2) is 36.0 Å². The molecular weight excluding hydrogens is 310 g/mol. The number of thioether (sulfide) groups is 1. The van der Waals surface area contributed by atoms with E-state index in [2.05, 4.69) is 41.1 Å². The quantitative estimate of drug-likeness (QED) is 0.561. The number of nitrogens with zero attached hydrogens (tertiary/aromatic N) is 5. The van der Waals surface area contributed by atoms with Gasteiger partial charge >= 0.3 is 0 Å². The molecular formula is C15H15N7S. The molecule has 7 nitrogen and oxygen atoms in total. The maximum atomic E-state index is 4.67. The number of benzene rings is 1. The van der Waals surface area contributed by atoms with Crippen LogP contribution >= 0.6 is 11.8 Å². The third kappa shape index (κ3) is 2.31. The van der Waals surface area contributed by atoms with Gasteiger partial charge in [-0.3, -0.25) is 5.10 Å². The van der Waals surface area contributed by atoms with Gasteiger partial charge in [0.15, 0.2) is 5.65 Å². The van der Waals surface area contributed by atoms with Gasteiger partial charge in [-0.15, -0.1) is 11.8 Å². The summed E-state index contributed by atoms with van der Waals surface area (Å²) in [6.07, 6.45) is 3.51. The number of fused-ring (bicyclic) bond motifs is 2. The number of aryl methyl sites for hydroxylation is 1. The van der Waals surface area contributed by atoms with Crippen LogP contribution in [0, 0.1) is 0 Å². The first-order chi connectivity index (χ1) is 11.3. The summed E-state index contributed by atoms with van der Waals surface area (Å²) >= 11 is 1.56. The molecule has 23 heavy (non-hydrogen) atoms. The van der Waals surface area contributed by atoms with Crippen molar-refractivity contribution < 1.29 is 0 Å². The number of aromatic amines is 1. The van der Waals surface area contributed by atoms with E-state index in [1.165, 1.54) is 6.33 Å². The molecule has 4 rings (SSSR count). The minimum atomic E-state index is 0.580. The Kier molecular flexibility index (Phi) is 3.38. The van der Waals surface area contributed by atoms with E-state index in [0.29, 0.717) is 6.54 Å². The van der Waals surface area contributed by atoms with Gasteiger partial charge in [0.25, 0.3) is 0 Å². The van der Waals surface area contributed by atoms with Crippen LogP contribution in [0.1, 0.15) is 5.82 Å². The summed E-state index contributed by atoms with van der Waals surface area (Å²) < 4.78 is 2.09. The summed E-state index contributed by atoms with van der Waals surface area (Å²) in [6, 6.07) is 8.10. The van der Waals surface area contributed by atoms with Crippen molar-refractivity contribution >= 4 is 39.6 Å². The van der Waals surface area contributed by atoms with Crippen LogP contribution in [0.25, 0.3) is 22.1 Å². The highest BCUT2D eigenvalue weighted by molar-refractivity contribution is 7.98. The molecule has 0 radical (unpaired) electrons. The SMILES string of the molecule is CSc1n[nH]c2ncnc(NCc3nc4ccccc4n3C)c12. The van der Waals surface area contributed by atoms with Gasteiger partial charge in [0, 0.05) is 7.05 Å². The third-order valence-electron chi connectivity index (χ3n) is 3.81. The number of imidazole rings is 1. The maximum absolute atomic E-state index is 4.67. The van der Waals surface area contributed by atoms with Crippen molar-refractivity contribution in [1.29, 1.82) is 0 Å². The van der Waals surface area contributed by atoms with Gasteiger partial charge in [-0.05, 0) is 18.4 Å². The van der Waals surface area contributed by atoms with Gasteiger partial charge in [-0.2, -0.15) is 5.10 Å². The molecule has 1 aromatic carbocycles. The van der Waals surface area contributed by atoms with Gasteiger partial charge in [0.05, 0.1) is 23.0 Å². The van der Waals surface area contributed by atoms with Gasteiger partial charge in [-0.1, -0.05) is 12.1 Å². The van der Waals surface area contributed by atoms with Crippen LogP contribution < -0.4 is 5.32 Å². The van der Waals surface area contributed by atoms with Crippen LogP contribution in [0.3, 0.4) is 0 Å². The predicted molar refractivity (Wildman–Crippen MR) is 91.5 cm³/mol. The summed E-state index contributed by atoms with van der Waals surface area (Å²) in [4.78, 5) is 13.2. The van der Waals surface area contributed by atoms with Crippen LogP contribution in [0.2, 0.25) is 0 Å². The van der Waals surface area contributed by atoms with Gasteiger partial charge in [-0.25, -0.2) is 15.0 Å². The lowest BCUT2D eigenvalue weighted by atomic mass is 10.3. The zero-order valence-electron chi connectivity index (χ0n) is 12.7. The van der Waals surface area contributed by atoms with Gasteiger partial charge < -0.3 is 9.88 Å². The molecule has 2 N–H and O–H groups in total. The minimum Gasteiger partial charge on any atom is -0.362 e. The molecule has 3 heterocycles. The Labute approximate surface area is 136 Å². The highest BCUT2D eigenvalue weighted by Gasteiger charge is 2.13. The molecule has 0 atom stereocenters.